The Labute approximate surface area is 169 Å². The van der Waals surface area contributed by atoms with E-state index in [9.17, 15) is 18.1 Å². The predicted molar refractivity (Wildman–Crippen MR) is 108 cm³/mol. The minimum absolute atomic E-state index is 0.145. The van der Waals surface area contributed by atoms with Gasteiger partial charge in [-0.1, -0.05) is 18.2 Å². The van der Waals surface area contributed by atoms with Gasteiger partial charge in [0.1, 0.15) is 23.6 Å². The number of aryl methyl sites for hydroxylation is 1. The number of halogens is 2. The maximum Gasteiger partial charge on any atom is 0.232 e. The van der Waals surface area contributed by atoms with Crippen molar-refractivity contribution in [2.24, 2.45) is 0 Å². The molecule has 0 aliphatic heterocycles. The number of anilines is 1. The van der Waals surface area contributed by atoms with Crippen LogP contribution in [0.25, 0.3) is 0 Å². The highest BCUT2D eigenvalue weighted by Crippen LogP contribution is 2.32. The Hall–Kier alpha value is -2.03. The van der Waals surface area contributed by atoms with Crippen molar-refractivity contribution in [3.63, 3.8) is 0 Å². The van der Waals surface area contributed by atoms with E-state index in [1.165, 1.54) is 22.3 Å². The van der Waals surface area contributed by atoms with Crippen LogP contribution in [0.5, 0.6) is 0 Å². The highest BCUT2D eigenvalue weighted by atomic mass is 32.2. The van der Waals surface area contributed by atoms with Crippen LogP contribution in [0.3, 0.4) is 0 Å². The summed E-state index contributed by atoms with van der Waals surface area (Å²) in [5.41, 5.74) is 1.79. The van der Waals surface area contributed by atoms with Crippen molar-refractivity contribution >= 4 is 33.6 Å². The Morgan fingerprint density at radius 1 is 1.43 bits per heavy atom. The number of allylic oxidation sites excluding steroid dienone is 3. The van der Waals surface area contributed by atoms with Crippen molar-refractivity contribution in [1.29, 1.82) is 0 Å². The van der Waals surface area contributed by atoms with Gasteiger partial charge in [-0.2, -0.15) is 0 Å². The molecule has 0 spiro atoms. The molecule has 28 heavy (non-hydrogen) atoms. The summed E-state index contributed by atoms with van der Waals surface area (Å²) in [5.74, 6) is -1.31. The van der Waals surface area contributed by atoms with E-state index in [-0.39, 0.29) is 18.2 Å². The second-order valence-corrected chi connectivity index (χ2v) is 9.15. The monoisotopic (exact) mass is 422 g/mol. The smallest absolute Gasteiger partial charge is 0.232 e. The Bertz CT molecular complexity index is 954. The molecule has 4 nitrogen and oxygen atoms in total. The van der Waals surface area contributed by atoms with Crippen molar-refractivity contribution in [2.75, 3.05) is 18.2 Å². The predicted octanol–water partition coefficient (Wildman–Crippen LogP) is 4.49. The van der Waals surface area contributed by atoms with Gasteiger partial charge in [0.25, 0.3) is 0 Å². The molecule has 1 aliphatic carbocycles. The Morgan fingerprint density at radius 3 is 2.79 bits per heavy atom. The first-order valence-electron chi connectivity index (χ1n) is 8.66. The van der Waals surface area contributed by atoms with E-state index < -0.39 is 22.8 Å². The molecule has 1 heterocycles. The molecule has 0 bridgehead atoms. The zero-order valence-corrected chi connectivity index (χ0v) is 17.4. The van der Waals surface area contributed by atoms with Gasteiger partial charge < -0.3 is 4.55 Å². The second kappa shape index (κ2) is 8.55. The lowest BCUT2D eigenvalue weighted by molar-refractivity contribution is -0.117. The molecule has 2 atom stereocenters. The van der Waals surface area contributed by atoms with E-state index in [0.717, 1.165) is 17.7 Å². The summed E-state index contributed by atoms with van der Waals surface area (Å²) in [6, 6.07) is 3.44. The summed E-state index contributed by atoms with van der Waals surface area (Å²) < 4.78 is 39.7. The molecule has 1 aliphatic rings. The zero-order chi connectivity index (χ0) is 20.4. The van der Waals surface area contributed by atoms with Gasteiger partial charge in [0.05, 0.1) is 6.42 Å². The van der Waals surface area contributed by atoms with Crippen LogP contribution < -0.4 is 4.90 Å². The largest absolute Gasteiger partial charge is 0.611 e. The molecule has 2 aromatic rings. The van der Waals surface area contributed by atoms with Gasteiger partial charge in [0.15, 0.2) is 5.13 Å². The Balaban J connectivity index is 1.65. The number of carbonyl (C=O) groups is 1. The zero-order valence-electron chi connectivity index (χ0n) is 15.7. The number of carbonyl (C=O) groups excluding carboxylic acids is 1. The van der Waals surface area contributed by atoms with Gasteiger partial charge in [-0.25, -0.2) is 13.8 Å². The lowest BCUT2D eigenvalue weighted by Gasteiger charge is -2.19. The molecule has 8 heteroatoms. The summed E-state index contributed by atoms with van der Waals surface area (Å²) >= 11 is 0.102. The van der Waals surface area contributed by atoms with E-state index in [2.05, 4.69) is 4.98 Å². The molecule has 148 valence electrons. The third-order valence-corrected chi connectivity index (χ3v) is 7.35. The quantitative estimate of drug-likeness (QED) is 0.667. The van der Waals surface area contributed by atoms with E-state index in [0.29, 0.717) is 27.0 Å². The topological polar surface area (TPSA) is 56.3 Å². The number of hydrogen-bond donors (Lipinski definition) is 0. The van der Waals surface area contributed by atoms with Crippen molar-refractivity contribution < 1.29 is 18.1 Å². The Kier molecular flexibility index (Phi) is 6.32. The fraction of sp³-hybridized carbons (Fsp3) is 0.300. The minimum atomic E-state index is -1.14. The van der Waals surface area contributed by atoms with Crippen LogP contribution in [0, 0.1) is 18.6 Å². The molecular formula is C20H20F2N2O2S2. The average Bonchev–Trinajstić information content (AvgIpc) is 3.05. The first-order chi connectivity index (χ1) is 13.3. The number of benzene rings is 1. The fourth-order valence-corrected chi connectivity index (χ4v) is 4.94. The van der Waals surface area contributed by atoms with Crippen molar-refractivity contribution in [1.82, 2.24) is 4.98 Å². The SMILES string of the molecule is Cc1nc(N(C)C(=O)CC2=CCC(c3cc(F)ccc3F)C=C2)sc1[S+](C)[O-]. The molecule has 0 N–H and O–H groups in total. The molecule has 1 aromatic heterocycles. The maximum absolute atomic E-state index is 13.9. The first kappa shape index (κ1) is 20.7. The van der Waals surface area contributed by atoms with Crippen molar-refractivity contribution in [2.45, 2.75) is 29.9 Å². The molecule has 1 aromatic carbocycles. The molecule has 2 unspecified atom stereocenters. The minimum Gasteiger partial charge on any atom is -0.611 e. The third-order valence-electron chi connectivity index (χ3n) is 4.55. The van der Waals surface area contributed by atoms with Crippen molar-refractivity contribution in [3.05, 3.63) is 64.9 Å². The lowest BCUT2D eigenvalue weighted by Crippen LogP contribution is -2.26. The normalized spacial score (nSPS) is 17.4. The van der Waals surface area contributed by atoms with E-state index in [4.69, 9.17) is 0 Å². The summed E-state index contributed by atoms with van der Waals surface area (Å²) in [4.78, 5) is 18.4. The van der Waals surface area contributed by atoms with Gasteiger partial charge in [-0.15, -0.1) is 0 Å². The molecular weight excluding hydrogens is 402 g/mol. The summed E-state index contributed by atoms with van der Waals surface area (Å²) in [5, 5.41) is 0.507. The fourth-order valence-electron chi connectivity index (χ4n) is 3.00. The van der Waals surface area contributed by atoms with Crippen LogP contribution in [0.15, 0.2) is 46.2 Å². The molecule has 0 radical (unpaired) electrons. The van der Waals surface area contributed by atoms with Crippen LogP contribution in [0.2, 0.25) is 0 Å². The lowest BCUT2D eigenvalue weighted by atomic mass is 9.89. The Morgan fingerprint density at radius 2 is 2.18 bits per heavy atom. The third kappa shape index (κ3) is 4.51. The standard InChI is InChI=1S/C20H20F2N2O2S2/c1-12-19(28(3)26)27-20(23-12)24(2)18(25)10-13-4-6-14(7-5-13)16-11-15(21)8-9-17(16)22/h4-6,8-9,11,14H,7,10H2,1-3H3. The number of hydrogen-bond acceptors (Lipinski definition) is 4. The highest BCUT2D eigenvalue weighted by molar-refractivity contribution is 7.92. The van der Waals surface area contributed by atoms with Gasteiger partial charge >= 0.3 is 0 Å². The van der Waals surface area contributed by atoms with Crippen LogP contribution in [0.4, 0.5) is 13.9 Å². The number of amides is 1. The van der Waals surface area contributed by atoms with Gasteiger partial charge in [-0.3, -0.25) is 9.69 Å². The van der Waals surface area contributed by atoms with Gasteiger partial charge in [0, 0.05) is 13.0 Å². The van der Waals surface area contributed by atoms with Crippen molar-refractivity contribution in [3.8, 4) is 0 Å². The van der Waals surface area contributed by atoms with E-state index in [1.807, 2.05) is 6.08 Å². The van der Waals surface area contributed by atoms with Crippen LogP contribution in [0.1, 0.15) is 30.0 Å². The summed E-state index contributed by atoms with van der Waals surface area (Å²) in [6.45, 7) is 1.77. The number of aromatic nitrogens is 1. The number of thiazole rings is 1. The van der Waals surface area contributed by atoms with Gasteiger partial charge in [-0.05, 0) is 65.2 Å². The molecule has 0 saturated heterocycles. The van der Waals surface area contributed by atoms with Crippen LogP contribution >= 0.6 is 11.3 Å². The van der Waals surface area contributed by atoms with Crippen LogP contribution in [-0.4, -0.2) is 28.7 Å². The number of rotatable bonds is 5. The number of nitrogens with zero attached hydrogens (tertiary/aromatic N) is 2. The first-order valence-corrected chi connectivity index (χ1v) is 11.0. The molecule has 0 saturated carbocycles. The molecule has 0 fully saturated rings. The second-order valence-electron chi connectivity index (χ2n) is 6.60. The maximum atomic E-state index is 13.9. The van der Waals surface area contributed by atoms with Gasteiger partial charge in [0.2, 0.25) is 10.1 Å². The summed E-state index contributed by atoms with van der Waals surface area (Å²) in [6.07, 6.45) is 7.71. The summed E-state index contributed by atoms with van der Waals surface area (Å²) in [7, 11) is 1.64. The molecule has 1 amide bonds. The van der Waals surface area contributed by atoms with E-state index >= 15 is 0 Å². The molecule has 3 rings (SSSR count). The average molecular weight is 423 g/mol. The highest BCUT2D eigenvalue weighted by Gasteiger charge is 2.23. The van der Waals surface area contributed by atoms with Crippen LogP contribution in [-0.2, 0) is 16.0 Å². The van der Waals surface area contributed by atoms with E-state index in [1.54, 1.807) is 32.4 Å².